The van der Waals surface area contributed by atoms with Gasteiger partial charge in [-0.1, -0.05) is 17.7 Å². The van der Waals surface area contributed by atoms with Crippen molar-refractivity contribution in [2.45, 2.75) is 25.3 Å². The molecule has 0 radical (unpaired) electrons. The summed E-state index contributed by atoms with van der Waals surface area (Å²) in [6, 6.07) is 6.63. The van der Waals surface area contributed by atoms with E-state index < -0.39 is 0 Å². The van der Waals surface area contributed by atoms with Crippen LogP contribution in [0.1, 0.15) is 18.7 Å². The second-order valence-corrected chi connectivity index (χ2v) is 5.08. The van der Waals surface area contributed by atoms with E-state index in [2.05, 4.69) is 14.9 Å². The lowest BCUT2D eigenvalue weighted by molar-refractivity contribution is 0.654. The second kappa shape index (κ2) is 4.31. The van der Waals surface area contributed by atoms with Crippen molar-refractivity contribution in [3.63, 3.8) is 0 Å². The van der Waals surface area contributed by atoms with Crippen molar-refractivity contribution >= 4 is 22.6 Å². The summed E-state index contributed by atoms with van der Waals surface area (Å²) in [5, 5.41) is 4.28. The minimum absolute atomic E-state index is 0.758. The zero-order valence-electron chi connectivity index (χ0n) is 9.91. The number of benzene rings is 1. The Bertz CT molecular complexity index is 543. The van der Waals surface area contributed by atoms with Gasteiger partial charge in [-0.15, -0.1) is 0 Å². The molecule has 3 nitrogen and oxygen atoms in total. The van der Waals surface area contributed by atoms with Gasteiger partial charge >= 0.3 is 0 Å². The van der Waals surface area contributed by atoms with Crippen LogP contribution in [0.2, 0.25) is 5.02 Å². The Morgan fingerprint density at radius 2 is 2.29 bits per heavy atom. The Balaban J connectivity index is 1.83. The maximum atomic E-state index is 6.19. The molecule has 17 heavy (non-hydrogen) atoms. The van der Waals surface area contributed by atoms with Crippen LogP contribution >= 0.6 is 11.6 Å². The van der Waals surface area contributed by atoms with Crippen molar-refractivity contribution < 1.29 is 0 Å². The monoisotopic (exact) mass is 249 g/mol. The average Bonchev–Trinajstić information content (AvgIpc) is 3.06. The molecule has 1 saturated carbocycles. The predicted molar refractivity (Wildman–Crippen MR) is 70.5 cm³/mol. The van der Waals surface area contributed by atoms with Gasteiger partial charge in [0.15, 0.2) is 0 Å². The molecule has 3 rings (SSSR count). The molecule has 2 aromatic rings. The number of rotatable bonds is 4. The van der Waals surface area contributed by atoms with E-state index in [1.165, 1.54) is 12.8 Å². The molecule has 1 fully saturated rings. The van der Waals surface area contributed by atoms with Gasteiger partial charge in [-0.3, -0.25) is 0 Å². The number of hydrogen-bond acceptors (Lipinski definition) is 2. The summed E-state index contributed by atoms with van der Waals surface area (Å²) in [7, 11) is 2.04. The van der Waals surface area contributed by atoms with Gasteiger partial charge in [-0.2, -0.15) is 0 Å². The first kappa shape index (κ1) is 11.1. The fourth-order valence-electron chi connectivity index (χ4n) is 2.17. The molecule has 0 bridgehead atoms. The van der Waals surface area contributed by atoms with Gasteiger partial charge in [0.05, 0.1) is 16.1 Å². The molecule has 4 heteroatoms. The third-order valence-corrected chi connectivity index (χ3v) is 3.60. The van der Waals surface area contributed by atoms with Crippen LogP contribution in [0.15, 0.2) is 18.2 Å². The van der Waals surface area contributed by atoms with Crippen LogP contribution in [0, 0.1) is 0 Å². The molecule has 1 aliphatic carbocycles. The molecule has 90 valence electrons. The standard InChI is InChI=1S/C13H16ClN3/c1-17-12(7-8-15-9-5-6-9)16-11-4-2-3-10(14)13(11)17/h2-4,9,15H,5-8H2,1H3. The molecule has 1 aromatic carbocycles. The quantitative estimate of drug-likeness (QED) is 0.903. The number of aryl methyl sites for hydroxylation is 1. The largest absolute Gasteiger partial charge is 0.330 e. The number of aromatic nitrogens is 2. The van der Waals surface area contributed by atoms with Gasteiger partial charge in [-0.25, -0.2) is 4.98 Å². The molecule has 1 N–H and O–H groups in total. The Hall–Kier alpha value is -1.06. The number of fused-ring (bicyclic) bond motifs is 1. The van der Waals surface area contributed by atoms with Crippen LogP contribution in [-0.2, 0) is 13.5 Å². The van der Waals surface area contributed by atoms with Crippen molar-refractivity contribution in [1.29, 1.82) is 0 Å². The maximum Gasteiger partial charge on any atom is 0.110 e. The van der Waals surface area contributed by atoms with E-state index in [9.17, 15) is 0 Å². The van der Waals surface area contributed by atoms with E-state index in [1.54, 1.807) is 0 Å². The molecular formula is C13H16ClN3. The summed E-state index contributed by atoms with van der Waals surface area (Å²) < 4.78 is 2.10. The Morgan fingerprint density at radius 3 is 3.00 bits per heavy atom. The molecule has 1 aliphatic rings. The van der Waals surface area contributed by atoms with Crippen LogP contribution in [0.4, 0.5) is 0 Å². The van der Waals surface area contributed by atoms with Crippen LogP contribution < -0.4 is 5.32 Å². The molecule has 1 aromatic heterocycles. The zero-order valence-corrected chi connectivity index (χ0v) is 10.7. The molecule has 1 heterocycles. The highest BCUT2D eigenvalue weighted by atomic mass is 35.5. The van der Waals surface area contributed by atoms with E-state index in [0.717, 1.165) is 40.9 Å². The van der Waals surface area contributed by atoms with Crippen molar-refractivity contribution in [3.8, 4) is 0 Å². The third-order valence-electron chi connectivity index (χ3n) is 3.30. The smallest absolute Gasteiger partial charge is 0.110 e. The summed E-state index contributed by atoms with van der Waals surface area (Å²) in [4.78, 5) is 4.63. The van der Waals surface area contributed by atoms with Gasteiger partial charge in [-0.05, 0) is 25.0 Å². The van der Waals surface area contributed by atoms with Gasteiger partial charge in [0.25, 0.3) is 0 Å². The van der Waals surface area contributed by atoms with Gasteiger partial charge in [0.1, 0.15) is 5.82 Å². The van der Waals surface area contributed by atoms with E-state index >= 15 is 0 Å². The van der Waals surface area contributed by atoms with Crippen LogP contribution in [0.5, 0.6) is 0 Å². The molecule has 0 aliphatic heterocycles. The summed E-state index contributed by atoms with van der Waals surface area (Å²) in [5.74, 6) is 1.10. The number of imidazole rings is 1. The average molecular weight is 250 g/mol. The van der Waals surface area contributed by atoms with Gasteiger partial charge in [0, 0.05) is 26.1 Å². The molecule has 0 amide bonds. The number of nitrogens with zero attached hydrogens (tertiary/aromatic N) is 2. The third kappa shape index (κ3) is 2.17. The molecule has 0 unspecified atom stereocenters. The van der Waals surface area contributed by atoms with Gasteiger partial charge in [0.2, 0.25) is 0 Å². The molecule has 0 atom stereocenters. The van der Waals surface area contributed by atoms with Crippen molar-refractivity contribution in [2.24, 2.45) is 7.05 Å². The molecule has 0 spiro atoms. The Labute approximate surface area is 106 Å². The van der Waals surface area contributed by atoms with Crippen molar-refractivity contribution in [3.05, 3.63) is 29.0 Å². The van der Waals surface area contributed by atoms with Crippen molar-refractivity contribution in [2.75, 3.05) is 6.54 Å². The fraction of sp³-hybridized carbons (Fsp3) is 0.462. The van der Waals surface area contributed by atoms with Crippen molar-refractivity contribution in [1.82, 2.24) is 14.9 Å². The lowest BCUT2D eigenvalue weighted by Gasteiger charge is -2.04. The predicted octanol–water partition coefficient (Wildman–Crippen LogP) is 2.52. The van der Waals surface area contributed by atoms with Crippen LogP contribution in [-0.4, -0.2) is 22.1 Å². The number of halogens is 1. The topological polar surface area (TPSA) is 29.9 Å². The first-order chi connectivity index (χ1) is 8.25. The van der Waals surface area contributed by atoms with Gasteiger partial charge < -0.3 is 9.88 Å². The minimum Gasteiger partial charge on any atom is -0.330 e. The summed E-state index contributed by atoms with van der Waals surface area (Å²) in [6.07, 6.45) is 3.61. The fourth-order valence-corrected chi connectivity index (χ4v) is 2.46. The zero-order chi connectivity index (χ0) is 11.8. The SMILES string of the molecule is Cn1c(CCNC2CC2)nc2cccc(Cl)c21. The van der Waals surface area contributed by atoms with E-state index in [4.69, 9.17) is 11.6 Å². The number of nitrogens with one attached hydrogen (secondary N) is 1. The van der Waals surface area contributed by atoms with E-state index in [-0.39, 0.29) is 0 Å². The summed E-state index contributed by atoms with van der Waals surface area (Å²) in [6.45, 7) is 0.999. The highest BCUT2D eigenvalue weighted by molar-refractivity contribution is 6.35. The first-order valence-corrected chi connectivity index (χ1v) is 6.46. The number of hydrogen-bond donors (Lipinski definition) is 1. The number of para-hydroxylation sites is 1. The second-order valence-electron chi connectivity index (χ2n) is 4.67. The first-order valence-electron chi connectivity index (χ1n) is 6.09. The Kier molecular flexibility index (Phi) is 2.81. The highest BCUT2D eigenvalue weighted by Crippen LogP contribution is 2.24. The van der Waals surface area contributed by atoms with Crippen LogP contribution in [0.3, 0.4) is 0 Å². The van der Waals surface area contributed by atoms with E-state index in [0.29, 0.717) is 0 Å². The highest BCUT2D eigenvalue weighted by Gasteiger charge is 2.20. The lowest BCUT2D eigenvalue weighted by atomic mass is 10.3. The maximum absolute atomic E-state index is 6.19. The molecular weight excluding hydrogens is 234 g/mol. The summed E-state index contributed by atoms with van der Waals surface area (Å²) in [5.41, 5.74) is 2.03. The molecule has 0 saturated heterocycles. The Morgan fingerprint density at radius 1 is 1.47 bits per heavy atom. The van der Waals surface area contributed by atoms with Crippen LogP contribution in [0.25, 0.3) is 11.0 Å². The van der Waals surface area contributed by atoms with E-state index in [1.807, 2.05) is 25.2 Å². The minimum atomic E-state index is 0.758. The lowest BCUT2D eigenvalue weighted by Crippen LogP contribution is -2.20. The normalized spacial score (nSPS) is 15.6. The summed E-state index contributed by atoms with van der Waals surface area (Å²) >= 11 is 6.19.